The Bertz CT molecular complexity index is 1170. The zero-order valence-corrected chi connectivity index (χ0v) is 18.1. The first-order valence-corrected chi connectivity index (χ1v) is 10.8. The number of fused-ring (bicyclic) bond motifs is 1. The molecule has 1 aromatic carbocycles. The minimum atomic E-state index is -0.227. The van der Waals surface area contributed by atoms with Gasteiger partial charge in [0.05, 0.1) is 16.6 Å². The number of thiophene rings is 1. The van der Waals surface area contributed by atoms with E-state index in [2.05, 4.69) is 21.4 Å². The third-order valence-corrected chi connectivity index (χ3v) is 6.76. The van der Waals surface area contributed by atoms with Crippen molar-refractivity contribution in [2.75, 3.05) is 18.4 Å². The highest BCUT2D eigenvalue weighted by atomic mass is 32.1. The third-order valence-electron chi connectivity index (χ3n) is 5.57. The number of amides is 2. The van der Waals surface area contributed by atoms with Gasteiger partial charge in [-0.2, -0.15) is 0 Å². The summed E-state index contributed by atoms with van der Waals surface area (Å²) in [7, 11) is 0. The molecular formula is C22H24N4O3S. The normalized spacial score (nSPS) is 14.8. The maximum atomic E-state index is 13.0. The van der Waals surface area contributed by atoms with E-state index < -0.39 is 0 Å². The fraction of sp³-hybridized carbons (Fsp3) is 0.364. The van der Waals surface area contributed by atoms with Crippen LogP contribution in [0.25, 0.3) is 10.2 Å². The van der Waals surface area contributed by atoms with Crippen LogP contribution in [0.4, 0.5) is 5.69 Å². The Labute approximate surface area is 178 Å². The first-order valence-electron chi connectivity index (χ1n) is 9.98. The van der Waals surface area contributed by atoms with Gasteiger partial charge in [0.15, 0.2) is 0 Å². The monoisotopic (exact) mass is 424 g/mol. The van der Waals surface area contributed by atoms with Crippen molar-refractivity contribution in [3.8, 4) is 0 Å². The van der Waals surface area contributed by atoms with Crippen LogP contribution in [-0.2, 0) is 4.79 Å². The number of nitrogens with one attached hydrogen (secondary N) is 2. The molecule has 1 fully saturated rings. The highest BCUT2D eigenvalue weighted by Gasteiger charge is 2.30. The SMILES string of the molecule is Cc1cc(C)cc(NC(=O)C2CCN(C(=O)c3sc4nc[nH]c(=O)c4c3C)CC2)c1. The lowest BCUT2D eigenvalue weighted by Crippen LogP contribution is -2.41. The Balaban J connectivity index is 1.42. The molecule has 0 atom stereocenters. The fourth-order valence-electron chi connectivity index (χ4n) is 4.06. The van der Waals surface area contributed by atoms with Gasteiger partial charge in [-0.1, -0.05) is 6.07 Å². The highest BCUT2D eigenvalue weighted by Crippen LogP contribution is 2.29. The van der Waals surface area contributed by atoms with E-state index in [1.165, 1.54) is 17.7 Å². The van der Waals surface area contributed by atoms with Gasteiger partial charge in [0.25, 0.3) is 11.5 Å². The molecule has 2 aromatic heterocycles. The first-order chi connectivity index (χ1) is 14.3. The zero-order valence-electron chi connectivity index (χ0n) is 17.2. The topological polar surface area (TPSA) is 95.2 Å². The number of carbonyl (C=O) groups is 2. The van der Waals surface area contributed by atoms with Gasteiger partial charge >= 0.3 is 0 Å². The molecule has 7 nitrogen and oxygen atoms in total. The lowest BCUT2D eigenvalue weighted by molar-refractivity contribution is -0.121. The second-order valence-electron chi connectivity index (χ2n) is 7.90. The number of hydrogen-bond donors (Lipinski definition) is 2. The van der Waals surface area contributed by atoms with E-state index in [0.717, 1.165) is 16.8 Å². The molecule has 30 heavy (non-hydrogen) atoms. The van der Waals surface area contributed by atoms with Crippen LogP contribution in [0.3, 0.4) is 0 Å². The molecule has 3 aromatic rings. The standard InChI is InChI=1S/C22H24N4O3S/c1-12-8-13(2)10-16(9-12)25-19(27)15-4-6-26(7-5-15)22(29)18-14(3)17-20(28)23-11-24-21(17)30-18/h8-11,15H,4-7H2,1-3H3,(H,25,27)(H,23,24,28). The van der Waals surface area contributed by atoms with Gasteiger partial charge < -0.3 is 15.2 Å². The lowest BCUT2D eigenvalue weighted by atomic mass is 9.95. The molecular weight excluding hydrogens is 400 g/mol. The second kappa shape index (κ2) is 8.02. The number of aromatic amines is 1. The van der Waals surface area contributed by atoms with Gasteiger partial charge in [-0.15, -0.1) is 11.3 Å². The van der Waals surface area contributed by atoms with Gasteiger partial charge in [0, 0.05) is 24.7 Å². The van der Waals surface area contributed by atoms with Gasteiger partial charge in [-0.25, -0.2) is 4.98 Å². The van der Waals surface area contributed by atoms with Crippen LogP contribution >= 0.6 is 11.3 Å². The van der Waals surface area contributed by atoms with E-state index in [9.17, 15) is 14.4 Å². The molecule has 3 heterocycles. The number of aryl methyl sites for hydroxylation is 3. The molecule has 0 bridgehead atoms. The number of aromatic nitrogens is 2. The summed E-state index contributed by atoms with van der Waals surface area (Å²) in [5, 5.41) is 3.50. The maximum Gasteiger partial charge on any atom is 0.264 e. The smallest absolute Gasteiger partial charge is 0.264 e. The van der Waals surface area contributed by atoms with Crippen molar-refractivity contribution in [1.82, 2.24) is 14.9 Å². The van der Waals surface area contributed by atoms with E-state index in [1.54, 1.807) is 11.8 Å². The number of piperidine rings is 1. The molecule has 0 unspecified atom stereocenters. The van der Waals surface area contributed by atoms with Crippen LogP contribution in [0.15, 0.2) is 29.3 Å². The lowest BCUT2D eigenvalue weighted by Gasteiger charge is -2.31. The Kier molecular flexibility index (Phi) is 5.42. The molecule has 1 aliphatic heterocycles. The summed E-state index contributed by atoms with van der Waals surface area (Å²) < 4.78 is 0. The summed E-state index contributed by atoms with van der Waals surface area (Å²) in [5.74, 6) is -0.216. The van der Waals surface area contributed by atoms with Crippen molar-refractivity contribution >= 4 is 39.1 Å². The molecule has 2 N–H and O–H groups in total. The number of likely N-dealkylation sites (tertiary alicyclic amines) is 1. The summed E-state index contributed by atoms with van der Waals surface area (Å²) >= 11 is 1.25. The van der Waals surface area contributed by atoms with Gasteiger partial charge in [0.2, 0.25) is 5.91 Å². The highest BCUT2D eigenvalue weighted by molar-refractivity contribution is 7.20. The van der Waals surface area contributed by atoms with Gasteiger partial charge in [-0.3, -0.25) is 14.4 Å². The zero-order chi connectivity index (χ0) is 21.4. The number of H-pyrrole nitrogens is 1. The maximum absolute atomic E-state index is 13.0. The summed E-state index contributed by atoms with van der Waals surface area (Å²) in [5.41, 5.74) is 3.48. The fourth-order valence-corrected chi connectivity index (χ4v) is 5.18. The molecule has 156 valence electrons. The molecule has 0 aliphatic carbocycles. The molecule has 0 radical (unpaired) electrons. The number of hydrogen-bond acceptors (Lipinski definition) is 5. The largest absolute Gasteiger partial charge is 0.338 e. The van der Waals surface area contributed by atoms with E-state index >= 15 is 0 Å². The van der Waals surface area contributed by atoms with Crippen LogP contribution in [0, 0.1) is 26.7 Å². The van der Waals surface area contributed by atoms with Gasteiger partial charge in [0.1, 0.15) is 4.83 Å². The second-order valence-corrected chi connectivity index (χ2v) is 8.90. The summed E-state index contributed by atoms with van der Waals surface area (Å²) in [6, 6.07) is 5.99. The number of rotatable bonds is 3. The van der Waals surface area contributed by atoms with Gasteiger partial charge in [-0.05, 0) is 62.4 Å². The van der Waals surface area contributed by atoms with Crippen molar-refractivity contribution in [3.05, 3.63) is 56.4 Å². The van der Waals surface area contributed by atoms with Crippen molar-refractivity contribution in [3.63, 3.8) is 0 Å². The predicted molar refractivity (Wildman–Crippen MR) is 118 cm³/mol. The number of carbonyl (C=O) groups excluding carboxylic acids is 2. The molecule has 8 heteroatoms. The van der Waals surface area contributed by atoms with Crippen molar-refractivity contribution < 1.29 is 9.59 Å². The molecule has 1 saturated heterocycles. The predicted octanol–water partition coefficient (Wildman–Crippen LogP) is 3.40. The number of benzene rings is 1. The number of nitrogens with zero attached hydrogens (tertiary/aromatic N) is 2. The van der Waals surface area contributed by atoms with Crippen LogP contribution in [0.2, 0.25) is 0 Å². The van der Waals surface area contributed by atoms with Crippen LogP contribution in [-0.4, -0.2) is 39.8 Å². The number of anilines is 1. The van der Waals surface area contributed by atoms with E-state index in [4.69, 9.17) is 0 Å². The van der Waals surface area contributed by atoms with Crippen LogP contribution in [0.1, 0.15) is 39.2 Å². The Hall–Kier alpha value is -3.00. The van der Waals surface area contributed by atoms with Crippen LogP contribution < -0.4 is 10.9 Å². The van der Waals surface area contributed by atoms with Crippen molar-refractivity contribution in [1.29, 1.82) is 0 Å². The van der Waals surface area contributed by atoms with Crippen molar-refractivity contribution in [2.24, 2.45) is 5.92 Å². The quantitative estimate of drug-likeness (QED) is 0.674. The van der Waals surface area contributed by atoms with E-state index in [-0.39, 0.29) is 23.3 Å². The third kappa shape index (κ3) is 3.87. The molecule has 0 spiro atoms. The summed E-state index contributed by atoms with van der Waals surface area (Å²) in [4.78, 5) is 47.4. The molecule has 0 saturated carbocycles. The Morgan fingerprint density at radius 1 is 1.13 bits per heavy atom. The Morgan fingerprint density at radius 3 is 2.43 bits per heavy atom. The average molecular weight is 425 g/mol. The molecule has 4 rings (SSSR count). The van der Waals surface area contributed by atoms with E-state index in [0.29, 0.717) is 46.6 Å². The van der Waals surface area contributed by atoms with Crippen molar-refractivity contribution in [2.45, 2.75) is 33.6 Å². The van der Waals surface area contributed by atoms with E-state index in [1.807, 2.05) is 26.0 Å². The first kappa shape index (κ1) is 20.3. The Morgan fingerprint density at radius 2 is 1.80 bits per heavy atom. The minimum absolute atomic E-state index is 0.000811. The minimum Gasteiger partial charge on any atom is -0.338 e. The average Bonchev–Trinajstić information content (AvgIpc) is 3.04. The summed E-state index contributed by atoms with van der Waals surface area (Å²) in [6.07, 6.45) is 2.59. The summed E-state index contributed by atoms with van der Waals surface area (Å²) in [6.45, 7) is 6.83. The molecule has 2 amide bonds. The molecule has 1 aliphatic rings. The van der Waals surface area contributed by atoms with Crippen LogP contribution in [0.5, 0.6) is 0 Å².